The molecule has 0 radical (unpaired) electrons. The van der Waals surface area contributed by atoms with Gasteiger partial charge in [-0.15, -0.1) is 0 Å². The number of halogens is 3. The van der Waals surface area contributed by atoms with Crippen LogP contribution >= 0.6 is 7.14 Å². The van der Waals surface area contributed by atoms with Crippen LogP contribution in [0.15, 0.2) is 30.5 Å². The molecule has 1 aromatic carbocycles. The summed E-state index contributed by atoms with van der Waals surface area (Å²) in [7, 11) is -2.17. The summed E-state index contributed by atoms with van der Waals surface area (Å²) >= 11 is 0. The van der Waals surface area contributed by atoms with Crippen LogP contribution in [0.2, 0.25) is 0 Å². The van der Waals surface area contributed by atoms with Crippen LogP contribution in [0, 0.1) is 0 Å². The largest absolute Gasteiger partial charge is 0.421 e. The van der Waals surface area contributed by atoms with E-state index in [2.05, 4.69) is 15.3 Å². The summed E-state index contributed by atoms with van der Waals surface area (Å²) in [5, 5.41) is 2.77. The Balaban J connectivity index is 2.14. The topological polar surface area (TPSA) is 80.9 Å². The van der Waals surface area contributed by atoms with Crippen LogP contribution in [0.5, 0.6) is 0 Å². The number of aromatic nitrogens is 2. The highest BCUT2D eigenvalue weighted by Gasteiger charge is 2.34. The van der Waals surface area contributed by atoms with Gasteiger partial charge in [-0.3, -0.25) is 0 Å². The van der Waals surface area contributed by atoms with Gasteiger partial charge in [-0.25, -0.2) is 4.98 Å². The first kappa shape index (κ1) is 17.3. The highest BCUT2D eigenvalue weighted by atomic mass is 31.2. The van der Waals surface area contributed by atoms with Gasteiger partial charge in [-0.2, -0.15) is 18.2 Å². The van der Waals surface area contributed by atoms with Gasteiger partial charge in [0, 0.05) is 18.0 Å². The molecule has 1 aromatic heterocycles. The Morgan fingerprint density at radius 2 is 1.83 bits per heavy atom. The summed E-state index contributed by atoms with van der Waals surface area (Å²) < 4.78 is 49.5. The Bertz CT molecular complexity index is 741. The fraction of sp³-hybridized carbons (Fsp3) is 0.286. The standard InChI is InChI=1S/C14H16F3N4OP/c1-23(2,22)8-9-3-5-10(6-4-9)20-13-19-7-11(12(18)21-13)14(15,16)17/h3-7H,8H2,1-2H3,(H3,18,19,20,21). The van der Waals surface area contributed by atoms with E-state index >= 15 is 0 Å². The van der Waals surface area contributed by atoms with Crippen molar-refractivity contribution in [1.29, 1.82) is 0 Å². The smallest absolute Gasteiger partial charge is 0.383 e. The number of alkyl halides is 3. The molecule has 23 heavy (non-hydrogen) atoms. The second-order valence-corrected chi connectivity index (χ2v) is 9.01. The molecule has 0 saturated carbocycles. The van der Waals surface area contributed by atoms with Crippen LogP contribution in [-0.2, 0) is 16.9 Å². The van der Waals surface area contributed by atoms with Gasteiger partial charge in [0.15, 0.2) is 0 Å². The maximum absolute atomic E-state index is 12.6. The third-order valence-corrected chi connectivity index (χ3v) is 4.02. The molecule has 2 aromatic rings. The normalized spacial score (nSPS) is 12.2. The molecule has 0 aliphatic rings. The molecule has 0 aliphatic heterocycles. The molecule has 9 heteroatoms. The molecular weight excluding hydrogens is 328 g/mol. The van der Waals surface area contributed by atoms with Crippen LogP contribution in [0.4, 0.5) is 30.6 Å². The van der Waals surface area contributed by atoms with E-state index in [0.29, 0.717) is 18.0 Å². The summed E-state index contributed by atoms with van der Waals surface area (Å²) in [6.07, 6.45) is -3.46. The molecular formula is C14H16F3N4OP. The van der Waals surface area contributed by atoms with Crippen molar-refractivity contribution in [3.63, 3.8) is 0 Å². The van der Waals surface area contributed by atoms with Gasteiger partial charge in [0.25, 0.3) is 0 Å². The third kappa shape index (κ3) is 4.96. The molecule has 0 unspecified atom stereocenters. The van der Waals surface area contributed by atoms with Crippen molar-refractivity contribution >= 4 is 24.6 Å². The Kier molecular flexibility index (Phi) is 4.66. The van der Waals surface area contributed by atoms with E-state index in [9.17, 15) is 17.7 Å². The van der Waals surface area contributed by atoms with E-state index in [4.69, 9.17) is 5.73 Å². The molecule has 124 valence electrons. The average molecular weight is 344 g/mol. The zero-order valence-electron chi connectivity index (χ0n) is 12.6. The number of hydrogen-bond donors (Lipinski definition) is 2. The minimum atomic E-state index is -4.58. The molecule has 0 fully saturated rings. The molecule has 0 atom stereocenters. The molecule has 0 amide bonds. The van der Waals surface area contributed by atoms with Crippen LogP contribution < -0.4 is 11.1 Å². The number of rotatable bonds is 4. The van der Waals surface area contributed by atoms with E-state index < -0.39 is 24.7 Å². The minimum Gasteiger partial charge on any atom is -0.383 e. The van der Waals surface area contributed by atoms with Crippen molar-refractivity contribution < 1.29 is 17.7 Å². The summed E-state index contributed by atoms with van der Waals surface area (Å²) in [5.41, 5.74) is 5.75. The summed E-state index contributed by atoms with van der Waals surface area (Å²) in [6.45, 7) is 3.41. The molecule has 5 nitrogen and oxygen atoms in total. The first-order chi connectivity index (χ1) is 10.5. The molecule has 3 N–H and O–H groups in total. The van der Waals surface area contributed by atoms with Gasteiger partial charge in [0.05, 0.1) is 7.14 Å². The zero-order valence-corrected chi connectivity index (χ0v) is 13.4. The SMILES string of the molecule is CP(C)(=O)Cc1ccc(Nc2ncc(C(F)(F)F)c(N)n2)cc1. The average Bonchev–Trinajstić information content (AvgIpc) is 2.38. The number of nitrogens with zero attached hydrogens (tertiary/aromatic N) is 2. The van der Waals surface area contributed by atoms with Gasteiger partial charge >= 0.3 is 6.18 Å². The number of anilines is 3. The fourth-order valence-corrected chi connectivity index (χ4v) is 3.03. The van der Waals surface area contributed by atoms with E-state index in [1.807, 2.05) is 0 Å². The quantitative estimate of drug-likeness (QED) is 0.821. The summed E-state index contributed by atoms with van der Waals surface area (Å²) in [6, 6.07) is 7.00. The Labute approximate surface area is 131 Å². The van der Waals surface area contributed by atoms with E-state index in [0.717, 1.165) is 5.56 Å². The van der Waals surface area contributed by atoms with Crippen molar-refractivity contribution in [3.05, 3.63) is 41.6 Å². The zero-order chi connectivity index (χ0) is 17.3. The van der Waals surface area contributed by atoms with Crippen molar-refractivity contribution in [2.45, 2.75) is 12.3 Å². The molecule has 0 saturated heterocycles. The predicted molar refractivity (Wildman–Crippen MR) is 84.3 cm³/mol. The Morgan fingerprint density at radius 1 is 1.22 bits per heavy atom. The monoisotopic (exact) mass is 344 g/mol. The number of hydrogen-bond acceptors (Lipinski definition) is 5. The Hall–Kier alpha value is -2.08. The second-order valence-electron chi connectivity index (χ2n) is 5.54. The highest BCUT2D eigenvalue weighted by Crippen LogP contribution is 2.40. The van der Waals surface area contributed by atoms with Crippen LogP contribution in [0.3, 0.4) is 0 Å². The van der Waals surface area contributed by atoms with Gasteiger partial charge in [-0.05, 0) is 31.0 Å². The molecule has 2 rings (SSSR count). The third-order valence-electron chi connectivity index (χ3n) is 2.90. The highest BCUT2D eigenvalue weighted by molar-refractivity contribution is 7.61. The number of benzene rings is 1. The van der Waals surface area contributed by atoms with Crippen molar-refractivity contribution in [2.24, 2.45) is 0 Å². The van der Waals surface area contributed by atoms with E-state index in [-0.39, 0.29) is 5.95 Å². The number of nitrogens with two attached hydrogens (primary N) is 1. The Morgan fingerprint density at radius 3 is 2.30 bits per heavy atom. The van der Waals surface area contributed by atoms with Crippen molar-refractivity contribution in [3.8, 4) is 0 Å². The van der Waals surface area contributed by atoms with Gasteiger partial charge < -0.3 is 15.6 Å². The predicted octanol–water partition coefficient (Wildman–Crippen LogP) is 3.94. The van der Waals surface area contributed by atoms with Crippen molar-refractivity contribution in [2.75, 3.05) is 24.4 Å². The number of nitrogens with one attached hydrogen (secondary N) is 1. The van der Waals surface area contributed by atoms with Crippen molar-refractivity contribution in [1.82, 2.24) is 9.97 Å². The lowest BCUT2D eigenvalue weighted by Crippen LogP contribution is -2.12. The first-order valence-electron chi connectivity index (χ1n) is 6.64. The minimum absolute atomic E-state index is 0.0279. The first-order valence-corrected chi connectivity index (χ1v) is 9.43. The van der Waals surface area contributed by atoms with Gasteiger partial charge in [0.2, 0.25) is 5.95 Å². The number of nitrogen functional groups attached to an aromatic ring is 1. The summed E-state index contributed by atoms with van der Waals surface area (Å²) in [4.78, 5) is 7.22. The second kappa shape index (κ2) is 6.20. The lowest BCUT2D eigenvalue weighted by atomic mass is 10.2. The molecule has 0 aliphatic carbocycles. The van der Waals surface area contributed by atoms with Gasteiger partial charge in [-0.1, -0.05) is 12.1 Å². The van der Waals surface area contributed by atoms with Gasteiger partial charge in [0.1, 0.15) is 11.4 Å². The maximum atomic E-state index is 12.6. The van der Waals surface area contributed by atoms with Crippen LogP contribution in [-0.4, -0.2) is 23.3 Å². The van der Waals surface area contributed by atoms with Crippen LogP contribution in [0.25, 0.3) is 0 Å². The maximum Gasteiger partial charge on any atom is 0.421 e. The molecule has 0 spiro atoms. The fourth-order valence-electron chi connectivity index (χ4n) is 1.94. The van der Waals surface area contributed by atoms with Crippen LogP contribution in [0.1, 0.15) is 11.1 Å². The lowest BCUT2D eigenvalue weighted by molar-refractivity contribution is -0.137. The molecule has 0 bridgehead atoms. The lowest BCUT2D eigenvalue weighted by Gasteiger charge is -2.11. The van der Waals surface area contributed by atoms with E-state index in [1.165, 1.54) is 0 Å². The summed E-state index contributed by atoms with van der Waals surface area (Å²) in [5.74, 6) is -0.663. The van der Waals surface area contributed by atoms with E-state index in [1.54, 1.807) is 37.6 Å². The molecule has 1 heterocycles.